The van der Waals surface area contributed by atoms with Gasteiger partial charge in [-0.05, 0) is 18.2 Å². The average Bonchev–Trinajstić information content (AvgIpc) is 2.81. The van der Waals surface area contributed by atoms with Crippen LogP contribution in [0, 0.1) is 0 Å². The molecule has 1 aromatic heterocycles. The fourth-order valence-corrected chi connectivity index (χ4v) is 1.46. The Morgan fingerprint density at radius 3 is 2.88 bits per heavy atom. The lowest BCUT2D eigenvalue weighted by Gasteiger charge is -2.05. The minimum absolute atomic E-state index is 0.400. The summed E-state index contributed by atoms with van der Waals surface area (Å²) in [5.74, 6) is -0.400. The van der Waals surface area contributed by atoms with Crippen molar-refractivity contribution in [1.29, 1.82) is 0 Å². The highest BCUT2D eigenvalue weighted by atomic mass is 16.5. The zero-order valence-corrected chi connectivity index (χ0v) is 8.73. The Morgan fingerprint density at radius 1 is 1.50 bits per heavy atom. The predicted molar refractivity (Wildman–Crippen MR) is 59.8 cm³/mol. The number of hydrogen-bond donors (Lipinski definition) is 2. The van der Waals surface area contributed by atoms with Gasteiger partial charge >= 0.3 is 5.97 Å². The van der Waals surface area contributed by atoms with E-state index >= 15 is 0 Å². The Kier molecular flexibility index (Phi) is 2.59. The largest absolute Gasteiger partial charge is 0.465 e. The van der Waals surface area contributed by atoms with Crippen LogP contribution < -0.4 is 5.73 Å². The monoisotopic (exact) mass is 217 g/mol. The first-order valence-corrected chi connectivity index (χ1v) is 4.69. The lowest BCUT2D eigenvalue weighted by molar-refractivity contribution is 0.0601. The van der Waals surface area contributed by atoms with Crippen molar-refractivity contribution in [2.75, 3.05) is 12.8 Å². The summed E-state index contributed by atoms with van der Waals surface area (Å²) < 4.78 is 4.61. The number of nitrogens with two attached hydrogens (primary N) is 1. The third kappa shape index (κ3) is 1.75. The quantitative estimate of drug-likeness (QED) is 0.589. The molecule has 2 aromatic rings. The van der Waals surface area contributed by atoms with Gasteiger partial charge in [-0.2, -0.15) is 0 Å². The number of anilines is 1. The molecule has 16 heavy (non-hydrogen) atoms. The van der Waals surface area contributed by atoms with Crippen molar-refractivity contribution >= 4 is 11.7 Å². The highest BCUT2D eigenvalue weighted by molar-refractivity contribution is 5.92. The molecule has 82 valence electrons. The highest BCUT2D eigenvalue weighted by Crippen LogP contribution is 2.24. The first-order valence-electron chi connectivity index (χ1n) is 4.69. The van der Waals surface area contributed by atoms with Crippen molar-refractivity contribution in [2.45, 2.75) is 0 Å². The molecule has 0 unspecified atom stereocenters. The van der Waals surface area contributed by atoms with Crippen LogP contribution in [0.2, 0.25) is 0 Å². The van der Waals surface area contributed by atoms with E-state index in [2.05, 4.69) is 14.7 Å². The topological polar surface area (TPSA) is 81.0 Å². The number of H-pyrrole nitrogens is 1. The SMILES string of the molecule is COC(=O)c1ccc(-c2cnc[nH]2)c(N)c1. The van der Waals surface area contributed by atoms with Crippen LogP contribution in [0.1, 0.15) is 10.4 Å². The Morgan fingerprint density at radius 2 is 2.31 bits per heavy atom. The molecule has 0 aliphatic carbocycles. The summed E-state index contributed by atoms with van der Waals surface area (Å²) >= 11 is 0. The van der Waals surface area contributed by atoms with E-state index in [1.807, 2.05) is 0 Å². The van der Waals surface area contributed by atoms with Crippen LogP contribution in [0.3, 0.4) is 0 Å². The number of carbonyl (C=O) groups is 1. The molecule has 0 fully saturated rings. The van der Waals surface area contributed by atoms with Gasteiger partial charge in [-0.3, -0.25) is 0 Å². The summed E-state index contributed by atoms with van der Waals surface area (Å²) in [4.78, 5) is 18.1. The van der Waals surface area contributed by atoms with E-state index in [4.69, 9.17) is 5.73 Å². The van der Waals surface area contributed by atoms with Crippen LogP contribution in [0.15, 0.2) is 30.7 Å². The average molecular weight is 217 g/mol. The summed E-state index contributed by atoms with van der Waals surface area (Å²) in [6, 6.07) is 5.01. The van der Waals surface area contributed by atoms with Gasteiger partial charge in [-0.1, -0.05) is 0 Å². The number of ether oxygens (including phenoxy) is 1. The maximum atomic E-state index is 11.3. The Balaban J connectivity index is 2.41. The fourth-order valence-electron chi connectivity index (χ4n) is 1.46. The van der Waals surface area contributed by atoms with Gasteiger partial charge in [0.15, 0.2) is 0 Å². The molecule has 0 amide bonds. The number of carbonyl (C=O) groups excluding carboxylic acids is 1. The second kappa shape index (κ2) is 4.06. The van der Waals surface area contributed by atoms with Gasteiger partial charge in [-0.15, -0.1) is 0 Å². The van der Waals surface area contributed by atoms with E-state index in [1.54, 1.807) is 30.7 Å². The number of nitrogens with one attached hydrogen (secondary N) is 1. The van der Waals surface area contributed by atoms with E-state index in [9.17, 15) is 4.79 Å². The van der Waals surface area contributed by atoms with Crippen molar-refractivity contribution in [3.63, 3.8) is 0 Å². The molecule has 1 heterocycles. The first kappa shape index (κ1) is 10.2. The van der Waals surface area contributed by atoms with Crippen LogP contribution in [-0.4, -0.2) is 23.0 Å². The van der Waals surface area contributed by atoms with Gasteiger partial charge < -0.3 is 15.5 Å². The lowest BCUT2D eigenvalue weighted by Crippen LogP contribution is -2.02. The molecule has 0 bridgehead atoms. The van der Waals surface area contributed by atoms with Gasteiger partial charge in [-0.25, -0.2) is 9.78 Å². The first-order chi connectivity index (χ1) is 7.72. The maximum absolute atomic E-state index is 11.3. The smallest absolute Gasteiger partial charge is 0.337 e. The molecule has 3 N–H and O–H groups in total. The molecule has 5 nitrogen and oxygen atoms in total. The third-order valence-corrected chi connectivity index (χ3v) is 2.26. The van der Waals surface area contributed by atoms with E-state index in [1.165, 1.54) is 7.11 Å². The summed E-state index contributed by atoms with van der Waals surface area (Å²) in [7, 11) is 1.33. The van der Waals surface area contributed by atoms with E-state index in [0.29, 0.717) is 11.3 Å². The van der Waals surface area contributed by atoms with Crippen molar-refractivity contribution < 1.29 is 9.53 Å². The summed E-state index contributed by atoms with van der Waals surface area (Å²) in [5.41, 5.74) is 8.41. The van der Waals surface area contributed by atoms with E-state index < -0.39 is 5.97 Å². The van der Waals surface area contributed by atoms with Crippen LogP contribution in [0.25, 0.3) is 11.3 Å². The third-order valence-electron chi connectivity index (χ3n) is 2.26. The number of nitrogen functional groups attached to an aromatic ring is 1. The minimum Gasteiger partial charge on any atom is -0.465 e. The molecule has 0 saturated heterocycles. The number of imidazole rings is 1. The van der Waals surface area contributed by atoms with Crippen LogP contribution in [0.5, 0.6) is 0 Å². The molecule has 1 aromatic carbocycles. The maximum Gasteiger partial charge on any atom is 0.337 e. The van der Waals surface area contributed by atoms with Crippen LogP contribution in [0.4, 0.5) is 5.69 Å². The number of methoxy groups -OCH3 is 1. The second-order valence-electron chi connectivity index (χ2n) is 3.26. The number of benzene rings is 1. The lowest BCUT2D eigenvalue weighted by atomic mass is 10.1. The summed E-state index contributed by atoms with van der Waals surface area (Å²) in [6.07, 6.45) is 3.24. The van der Waals surface area contributed by atoms with Gasteiger partial charge in [0.1, 0.15) is 0 Å². The van der Waals surface area contributed by atoms with Crippen LogP contribution >= 0.6 is 0 Å². The zero-order chi connectivity index (χ0) is 11.5. The standard InChI is InChI=1S/C11H11N3O2/c1-16-11(15)7-2-3-8(9(12)4-7)10-5-13-6-14-10/h2-6H,12H2,1H3,(H,13,14). The fraction of sp³-hybridized carbons (Fsp3) is 0.0909. The summed E-state index contributed by atoms with van der Waals surface area (Å²) in [6.45, 7) is 0. The zero-order valence-electron chi connectivity index (χ0n) is 8.73. The minimum atomic E-state index is -0.400. The molecule has 0 saturated carbocycles. The molecule has 2 rings (SSSR count). The number of rotatable bonds is 2. The number of hydrogen-bond acceptors (Lipinski definition) is 4. The van der Waals surface area contributed by atoms with E-state index in [0.717, 1.165) is 11.3 Å². The molecule has 5 heteroatoms. The molecule has 0 spiro atoms. The van der Waals surface area contributed by atoms with Gasteiger partial charge in [0.25, 0.3) is 0 Å². The number of esters is 1. The van der Waals surface area contributed by atoms with Crippen molar-refractivity contribution in [3.8, 4) is 11.3 Å². The van der Waals surface area contributed by atoms with Crippen molar-refractivity contribution in [3.05, 3.63) is 36.3 Å². The second-order valence-corrected chi connectivity index (χ2v) is 3.26. The number of aromatic amines is 1. The molecular weight excluding hydrogens is 206 g/mol. The van der Waals surface area contributed by atoms with Crippen LogP contribution in [-0.2, 0) is 4.74 Å². The summed E-state index contributed by atoms with van der Waals surface area (Å²) in [5, 5.41) is 0. The molecule has 0 radical (unpaired) electrons. The van der Waals surface area contributed by atoms with Gasteiger partial charge in [0.05, 0.1) is 30.9 Å². The van der Waals surface area contributed by atoms with Crippen molar-refractivity contribution in [1.82, 2.24) is 9.97 Å². The van der Waals surface area contributed by atoms with Gasteiger partial charge in [0.2, 0.25) is 0 Å². The molecular formula is C11H11N3O2. The molecule has 0 aliphatic heterocycles. The molecule has 0 atom stereocenters. The Labute approximate surface area is 92.3 Å². The normalized spacial score (nSPS) is 10.1. The van der Waals surface area contributed by atoms with Crippen molar-refractivity contribution in [2.24, 2.45) is 0 Å². The highest BCUT2D eigenvalue weighted by Gasteiger charge is 2.09. The molecule has 0 aliphatic rings. The Hall–Kier alpha value is -2.30. The van der Waals surface area contributed by atoms with Gasteiger partial charge in [0, 0.05) is 11.3 Å². The number of aromatic nitrogens is 2. The predicted octanol–water partition coefficient (Wildman–Crippen LogP) is 1.45. The Bertz CT molecular complexity index is 506. The number of nitrogens with zero attached hydrogens (tertiary/aromatic N) is 1. The van der Waals surface area contributed by atoms with E-state index in [-0.39, 0.29) is 0 Å².